The molecule has 10 heteroatoms. The monoisotopic (exact) mass is 389 g/mol. The third-order valence-electron chi connectivity index (χ3n) is 3.55. The second-order valence-corrected chi connectivity index (χ2v) is 6.94. The number of anilines is 4. The van der Waals surface area contributed by atoms with E-state index in [4.69, 9.17) is 17.3 Å². The number of thiazole rings is 1. The lowest BCUT2D eigenvalue weighted by molar-refractivity contribution is 0.0962. The summed E-state index contributed by atoms with van der Waals surface area (Å²) < 4.78 is 0. The molecule has 1 aromatic carbocycles. The van der Waals surface area contributed by atoms with Crippen LogP contribution >= 0.6 is 22.9 Å². The van der Waals surface area contributed by atoms with Gasteiger partial charge in [-0.05, 0) is 26.0 Å². The summed E-state index contributed by atoms with van der Waals surface area (Å²) in [5, 5.41) is 4.08. The number of hydrogen-bond donors (Lipinski definition) is 4. The number of amides is 1. The lowest BCUT2D eigenvalue weighted by atomic mass is 10.2. The zero-order chi connectivity index (χ0) is 18.7. The fraction of sp³-hybridized carbons (Fsp3) is 0.125. The Morgan fingerprint density at radius 3 is 2.62 bits per heavy atom. The van der Waals surface area contributed by atoms with Crippen LogP contribution in [0.25, 0.3) is 0 Å². The predicted octanol–water partition coefficient (Wildman–Crippen LogP) is 3.29. The van der Waals surface area contributed by atoms with Gasteiger partial charge in [-0.1, -0.05) is 23.7 Å². The first-order chi connectivity index (χ1) is 12.5. The van der Waals surface area contributed by atoms with Gasteiger partial charge in [0.05, 0.1) is 16.3 Å². The van der Waals surface area contributed by atoms with E-state index >= 15 is 0 Å². The Kier molecular flexibility index (Phi) is 5.19. The van der Waals surface area contributed by atoms with Gasteiger partial charge in [0.2, 0.25) is 0 Å². The zero-order valence-corrected chi connectivity index (χ0v) is 15.6. The van der Waals surface area contributed by atoms with Crippen molar-refractivity contribution in [1.82, 2.24) is 20.4 Å². The summed E-state index contributed by atoms with van der Waals surface area (Å²) in [6.07, 6.45) is 1.33. The second-order valence-electron chi connectivity index (χ2n) is 5.33. The molecule has 26 heavy (non-hydrogen) atoms. The molecule has 5 N–H and O–H groups in total. The summed E-state index contributed by atoms with van der Waals surface area (Å²) in [4.78, 5) is 25.8. The molecule has 0 aliphatic rings. The highest BCUT2D eigenvalue weighted by atomic mass is 35.5. The van der Waals surface area contributed by atoms with Crippen molar-refractivity contribution >= 4 is 51.3 Å². The highest BCUT2D eigenvalue weighted by Gasteiger charge is 2.13. The minimum Gasteiger partial charge on any atom is -0.393 e. The zero-order valence-electron chi connectivity index (χ0n) is 14.0. The molecule has 0 saturated heterocycles. The van der Waals surface area contributed by atoms with E-state index < -0.39 is 5.91 Å². The fourth-order valence-electron chi connectivity index (χ4n) is 2.05. The van der Waals surface area contributed by atoms with Crippen molar-refractivity contribution in [2.75, 3.05) is 16.5 Å². The van der Waals surface area contributed by atoms with Crippen LogP contribution in [0.5, 0.6) is 0 Å². The summed E-state index contributed by atoms with van der Waals surface area (Å²) in [7, 11) is 0. The summed E-state index contributed by atoms with van der Waals surface area (Å²) >= 11 is 7.51. The van der Waals surface area contributed by atoms with Crippen LogP contribution < -0.4 is 21.9 Å². The molecule has 134 valence electrons. The van der Waals surface area contributed by atoms with E-state index in [9.17, 15) is 4.79 Å². The lowest BCUT2D eigenvalue weighted by Crippen LogP contribution is -2.30. The molecule has 2 heterocycles. The minimum absolute atomic E-state index is 0.248. The quantitative estimate of drug-likeness (QED) is 0.494. The van der Waals surface area contributed by atoms with Gasteiger partial charge in [0.15, 0.2) is 16.8 Å². The number of nitrogen functional groups attached to an aromatic ring is 1. The molecule has 8 nitrogen and oxygen atoms in total. The van der Waals surface area contributed by atoms with Gasteiger partial charge < -0.3 is 11.1 Å². The highest BCUT2D eigenvalue weighted by molar-refractivity contribution is 7.15. The number of carbonyl (C=O) groups is 1. The summed E-state index contributed by atoms with van der Waals surface area (Å²) in [6.45, 7) is 3.91. The van der Waals surface area contributed by atoms with Crippen LogP contribution in [0, 0.1) is 13.8 Å². The van der Waals surface area contributed by atoms with Gasteiger partial charge in [-0.2, -0.15) is 0 Å². The average Bonchev–Trinajstić information content (AvgIpc) is 2.93. The van der Waals surface area contributed by atoms with Gasteiger partial charge >= 0.3 is 0 Å². The first kappa shape index (κ1) is 17.9. The molecule has 0 aliphatic heterocycles. The number of aryl methyl sites for hydroxylation is 2. The van der Waals surface area contributed by atoms with Crippen molar-refractivity contribution in [1.29, 1.82) is 0 Å². The standard InChI is InChI=1S/C16H16ClN7OS/c1-8-9(2)26-16(21-8)22-13-12(18)14(20-7-19-13)23-24-15(25)10-5-3-4-6-11(10)17/h3-7H,18H2,1-2H3,(H,24,25)(H2,19,20,21,22,23). The lowest BCUT2D eigenvalue weighted by Gasteiger charge is -2.12. The van der Waals surface area contributed by atoms with Crippen LogP contribution in [0.15, 0.2) is 30.6 Å². The predicted molar refractivity (Wildman–Crippen MR) is 104 cm³/mol. The van der Waals surface area contributed by atoms with Gasteiger partial charge in [0.25, 0.3) is 5.91 Å². The first-order valence-electron chi connectivity index (χ1n) is 7.58. The summed E-state index contributed by atoms with van der Waals surface area (Å²) in [5.74, 6) is 0.241. The van der Waals surface area contributed by atoms with Gasteiger partial charge in [-0.15, -0.1) is 11.3 Å². The Balaban J connectivity index is 1.73. The number of nitrogens with zero attached hydrogens (tertiary/aromatic N) is 3. The van der Waals surface area contributed by atoms with Crippen molar-refractivity contribution in [2.45, 2.75) is 13.8 Å². The second kappa shape index (κ2) is 7.54. The normalized spacial score (nSPS) is 10.4. The maximum Gasteiger partial charge on any atom is 0.271 e. The summed E-state index contributed by atoms with van der Waals surface area (Å²) in [6, 6.07) is 6.72. The topological polar surface area (TPSA) is 118 Å². The third-order valence-corrected chi connectivity index (χ3v) is 4.87. The molecule has 3 aromatic rings. The van der Waals surface area contributed by atoms with E-state index in [1.165, 1.54) is 17.7 Å². The minimum atomic E-state index is -0.408. The van der Waals surface area contributed by atoms with Crippen LogP contribution in [0.3, 0.4) is 0 Å². The molecule has 1 amide bonds. The Hall–Kier alpha value is -2.91. The molecule has 0 spiro atoms. The van der Waals surface area contributed by atoms with Crippen LogP contribution in [0.1, 0.15) is 20.9 Å². The molecule has 0 radical (unpaired) electrons. The molecule has 0 saturated carbocycles. The van der Waals surface area contributed by atoms with Crippen LogP contribution in [-0.4, -0.2) is 20.9 Å². The average molecular weight is 390 g/mol. The highest BCUT2D eigenvalue weighted by Crippen LogP contribution is 2.28. The Morgan fingerprint density at radius 2 is 1.92 bits per heavy atom. The Morgan fingerprint density at radius 1 is 1.19 bits per heavy atom. The third kappa shape index (κ3) is 3.84. The molecule has 0 atom stereocenters. The summed E-state index contributed by atoms with van der Waals surface area (Å²) in [5.41, 5.74) is 12.8. The van der Waals surface area contributed by atoms with Crippen molar-refractivity contribution < 1.29 is 4.79 Å². The molecule has 0 bridgehead atoms. The van der Waals surface area contributed by atoms with Gasteiger partial charge in [-0.25, -0.2) is 15.0 Å². The van der Waals surface area contributed by atoms with Gasteiger partial charge in [0.1, 0.15) is 12.0 Å². The molecule has 0 unspecified atom stereocenters. The van der Waals surface area contributed by atoms with Crippen molar-refractivity contribution in [3.63, 3.8) is 0 Å². The number of hydrazine groups is 1. The van der Waals surface area contributed by atoms with Crippen molar-refractivity contribution in [2.24, 2.45) is 0 Å². The van der Waals surface area contributed by atoms with E-state index in [1.54, 1.807) is 24.3 Å². The molecule has 0 aliphatic carbocycles. The van der Waals surface area contributed by atoms with Crippen LogP contribution in [-0.2, 0) is 0 Å². The maximum absolute atomic E-state index is 12.2. The largest absolute Gasteiger partial charge is 0.393 e. The van der Waals surface area contributed by atoms with Crippen LogP contribution in [0.4, 0.5) is 22.5 Å². The van der Waals surface area contributed by atoms with E-state index in [-0.39, 0.29) is 11.5 Å². The van der Waals surface area contributed by atoms with E-state index in [0.717, 1.165) is 10.6 Å². The fourth-order valence-corrected chi connectivity index (χ4v) is 3.09. The number of carbonyl (C=O) groups excluding carboxylic acids is 1. The smallest absolute Gasteiger partial charge is 0.271 e. The van der Waals surface area contributed by atoms with Crippen LogP contribution in [0.2, 0.25) is 5.02 Å². The number of hydrogen-bond acceptors (Lipinski definition) is 8. The number of benzene rings is 1. The Bertz CT molecular complexity index is 940. The van der Waals surface area contributed by atoms with E-state index in [0.29, 0.717) is 21.5 Å². The number of rotatable bonds is 5. The first-order valence-corrected chi connectivity index (χ1v) is 8.77. The molecule has 2 aromatic heterocycles. The van der Waals surface area contributed by atoms with E-state index in [1.807, 2.05) is 13.8 Å². The Labute approximate surface area is 158 Å². The van der Waals surface area contributed by atoms with Gasteiger partial charge in [0, 0.05) is 4.88 Å². The van der Waals surface area contributed by atoms with E-state index in [2.05, 4.69) is 31.1 Å². The molecule has 3 rings (SSSR count). The number of halogens is 1. The maximum atomic E-state index is 12.2. The molecular weight excluding hydrogens is 374 g/mol. The van der Waals surface area contributed by atoms with Gasteiger partial charge in [-0.3, -0.25) is 15.6 Å². The molecular formula is C16H16ClN7OS. The number of aromatic nitrogens is 3. The number of nitrogens with one attached hydrogen (secondary N) is 3. The van der Waals surface area contributed by atoms with Crippen molar-refractivity contribution in [3.05, 3.63) is 51.7 Å². The number of nitrogens with two attached hydrogens (primary N) is 1. The SMILES string of the molecule is Cc1nc(Nc2ncnc(NNC(=O)c3ccccc3Cl)c2N)sc1C. The van der Waals surface area contributed by atoms with Crippen molar-refractivity contribution in [3.8, 4) is 0 Å². The molecule has 0 fully saturated rings.